The predicted octanol–water partition coefficient (Wildman–Crippen LogP) is -0.623. The number of rotatable bonds is 4. The van der Waals surface area contributed by atoms with Crippen molar-refractivity contribution in [3.8, 4) is 5.75 Å². The molecular formula is C11H14N2O5. The number of hydroxylamine groups is 1. The molecule has 7 nitrogen and oxygen atoms in total. The Morgan fingerprint density at radius 2 is 1.78 bits per heavy atom. The summed E-state index contributed by atoms with van der Waals surface area (Å²) in [5, 5.41) is 29.1. The zero-order valence-electron chi connectivity index (χ0n) is 9.62. The van der Waals surface area contributed by atoms with Gasteiger partial charge < -0.3 is 15.5 Å². The first kappa shape index (κ1) is 13.9. The van der Waals surface area contributed by atoms with E-state index >= 15 is 0 Å². The smallest absolute Gasteiger partial charge is 0.268 e. The number of amides is 2. The standard InChI is InChI=1S/C11H14N2O5/c1-6(14)9(11(17)13-18)12-10(16)7-2-4-8(15)5-3-7/h2-6,9,14-15,18H,1H3,(H,12,16)(H,13,17)/t6-,9+/m1/s1. The fourth-order valence-electron chi connectivity index (χ4n) is 1.31. The minimum absolute atomic E-state index is 0.00623. The van der Waals surface area contributed by atoms with Crippen LogP contribution in [0, 0.1) is 0 Å². The van der Waals surface area contributed by atoms with Crippen LogP contribution in [0.1, 0.15) is 17.3 Å². The van der Waals surface area contributed by atoms with Gasteiger partial charge in [0.1, 0.15) is 11.8 Å². The molecular weight excluding hydrogens is 240 g/mol. The lowest BCUT2D eigenvalue weighted by molar-refractivity contribution is -0.133. The van der Waals surface area contributed by atoms with Crippen LogP contribution >= 0.6 is 0 Å². The molecule has 0 aliphatic carbocycles. The minimum atomic E-state index is -1.27. The van der Waals surface area contributed by atoms with Crippen LogP contribution in [-0.4, -0.2) is 39.4 Å². The Hall–Kier alpha value is -2.12. The third-order valence-electron chi connectivity index (χ3n) is 2.29. The fourth-order valence-corrected chi connectivity index (χ4v) is 1.31. The number of nitrogens with one attached hydrogen (secondary N) is 2. The normalized spacial score (nSPS) is 13.5. The van der Waals surface area contributed by atoms with Crippen LogP contribution in [0.5, 0.6) is 5.75 Å². The van der Waals surface area contributed by atoms with Gasteiger partial charge in [0.15, 0.2) is 0 Å². The van der Waals surface area contributed by atoms with Crippen LogP contribution in [0.25, 0.3) is 0 Å². The number of carbonyl (C=O) groups excluding carboxylic acids is 2. The molecule has 98 valence electrons. The second-order valence-corrected chi connectivity index (χ2v) is 3.71. The Labute approximate surface area is 103 Å². The summed E-state index contributed by atoms with van der Waals surface area (Å²) >= 11 is 0. The summed E-state index contributed by atoms with van der Waals surface area (Å²) in [6.45, 7) is 1.30. The van der Waals surface area contributed by atoms with Crippen molar-refractivity contribution in [2.75, 3.05) is 0 Å². The van der Waals surface area contributed by atoms with Gasteiger partial charge in [0.05, 0.1) is 6.10 Å². The largest absolute Gasteiger partial charge is 0.508 e. The van der Waals surface area contributed by atoms with Crippen molar-refractivity contribution in [3.63, 3.8) is 0 Å². The number of hydrogen-bond acceptors (Lipinski definition) is 5. The van der Waals surface area contributed by atoms with Crippen LogP contribution in [0.4, 0.5) is 0 Å². The van der Waals surface area contributed by atoms with Crippen molar-refractivity contribution in [3.05, 3.63) is 29.8 Å². The van der Waals surface area contributed by atoms with E-state index in [2.05, 4.69) is 5.32 Å². The predicted molar refractivity (Wildman–Crippen MR) is 61.0 cm³/mol. The molecule has 0 heterocycles. The highest BCUT2D eigenvalue weighted by molar-refractivity contribution is 5.97. The van der Waals surface area contributed by atoms with Gasteiger partial charge in [-0.25, -0.2) is 5.48 Å². The number of aromatic hydroxyl groups is 1. The Balaban J connectivity index is 2.78. The lowest BCUT2D eigenvalue weighted by Crippen LogP contribution is -2.51. The van der Waals surface area contributed by atoms with Crippen LogP contribution in [-0.2, 0) is 4.79 Å². The zero-order chi connectivity index (χ0) is 13.7. The minimum Gasteiger partial charge on any atom is -0.508 e. The number of carbonyl (C=O) groups is 2. The van der Waals surface area contributed by atoms with E-state index in [1.807, 2.05) is 0 Å². The molecule has 1 aromatic carbocycles. The van der Waals surface area contributed by atoms with Gasteiger partial charge in [-0.05, 0) is 31.2 Å². The van der Waals surface area contributed by atoms with E-state index in [-0.39, 0.29) is 11.3 Å². The third-order valence-corrected chi connectivity index (χ3v) is 2.29. The molecule has 0 aliphatic rings. The molecule has 0 radical (unpaired) electrons. The van der Waals surface area contributed by atoms with Crippen LogP contribution < -0.4 is 10.8 Å². The molecule has 2 atom stereocenters. The van der Waals surface area contributed by atoms with Crippen molar-refractivity contribution in [2.45, 2.75) is 19.1 Å². The van der Waals surface area contributed by atoms with Crippen LogP contribution in [0.15, 0.2) is 24.3 Å². The zero-order valence-corrected chi connectivity index (χ0v) is 9.62. The van der Waals surface area contributed by atoms with Gasteiger partial charge >= 0.3 is 0 Å². The fraction of sp³-hybridized carbons (Fsp3) is 0.273. The van der Waals surface area contributed by atoms with Crippen molar-refractivity contribution in [2.24, 2.45) is 0 Å². The van der Waals surface area contributed by atoms with Gasteiger partial charge in [0, 0.05) is 5.56 Å². The molecule has 0 unspecified atom stereocenters. The summed E-state index contributed by atoms with van der Waals surface area (Å²) in [6.07, 6.45) is -1.17. The van der Waals surface area contributed by atoms with Crippen molar-refractivity contribution in [1.29, 1.82) is 0 Å². The van der Waals surface area contributed by atoms with Gasteiger partial charge in [-0.1, -0.05) is 0 Å². The van der Waals surface area contributed by atoms with E-state index in [0.29, 0.717) is 0 Å². The molecule has 18 heavy (non-hydrogen) atoms. The molecule has 5 N–H and O–H groups in total. The second-order valence-electron chi connectivity index (χ2n) is 3.71. The van der Waals surface area contributed by atoms with Crippen molar-refractivity contribution < 1.29 is 25.0 Å². The number of hydrogen-bond donors (Lipinski definition) is 5. The third kappa shape index (κ3) is 3.44. The summed E-state index contributed by atoms with van der Waals surface area (Å²) in [6, 6.07) is 4.09. The molecule has 1 aromatic rings. The van der Waals surface area contributed by atoms with E-state index < -0.39 is 24.0 Å². The molecule has 0 saturated carbocycles. The summed E-state index contributed by atoms with van der Waals surface area (Å²) in [5.41, 5.74) is 1.57. The van der Waals surface area contributed by atoms with E-state index in [1.54, 1.807) is 0 Å². The van der Waals surface area contributed by atoms with E-state index in [4.69, 9.17) is 10.3 Å². The van der Waals surface area contributed by atoms with Crippen LogP contribution in [0.2, 0.25) is 0 Å². The first-order valence-electron chi connectivity index (χ1n) is 5.17. The maximum absolute atomic E-state index is 11.7. The molecule has 7 heteroatoms. The van der Waals surface area contributed by atoms with Crippen LogP contribution in [0.3, 0.4) is 0 Å². The Morgan fingerprint density at radius 1 is 1.22 bits per heavy atom. The lowest BCUT2D eigenvalue weighted by Gasteiger charge is -2.19. The molecule has 0 saturated heterocycles. The number of phenols is 1. The van der Waals surface area contributed by atoms with Gasteiger partial charge in [-0.15, -0.1) is 0 Å². The summed E-state index contributed by atoms with van der Waals surface area (Å²) in [7, 11) is 0. The molecule has 0 fully saturated rings. The molecule has 1 rings (SSSR count). The lowest BCUT2D eigenvalue weighted by atomic mass is 10.1. The van der Waals surface area contributed by atoms with E-state index in [0.717, 1.165) is 0 Å². The second kappa shape index (κ2) is 5.99. The van der Waals surface area contributed by atoms with E-state index in [1.165, 1.54) is 36.7 Å². The summed E-state index contributed by atoms with van der Waals surface area (Å²) in [5.74, 6) is -1.52. The maximum Gasteiger partial charge on any atom is 0.268 e. The van der Waals surface area contributed by atoms with Gasteiger partial charge in [-0.2, -0.15) is 0 Å². The van der Waals surface area contributed by atoms with Crippen molar-refractivity contribution >= 4 is 11.8 Å². The first-order chi connectivity index (χ1) is 8.45. The van der Waals surface area contributed by atoms with Gasteiger partial charge in [-0.3, -0.25) is 14.8 Å². The number of aliphatic hydroxyl groups is 1. The number of benzene rings is 1. The average Bonchev–Trinajstić information content (AvgIpc) is 2.35. The molecule has 2 amide bonds. The molecule has 0 aliphatic heterocycles. The van der Waals surface area contributed by atoms with Gasteiger partial charge in [0.25, 0.3) is 11.8 Å². The number of aliphatic hydroxyl groups excluding tert-OH is 1. The highest BCUT2D eigenvalue weighted by Gasteiger charge is 2.25. The van der Waals surface area contributed by atoms with E-state index in [9.17, 15) is 14.7 Å². The molecule has 0 aromatic heterocycles. The summed E-state index contributed by atoms with van der Waals surface area (Å²) < 4.78 is 0. The average molecular weight is 254 g/mol. The number of phenolic OH excluding ortho intramolecular Hbond substituents is 1. The van der Waals surface area contributed by atoms with Crippen molar-refractivity contribution in [1.82, 2.24) is 10.8 Å². The maximum atomic E-state index is 11.7. The first-order valence-corrected chi connectivity index (χ1v) is 5.17. The molecule has 0 bridgehead atoms. The Kier molecular flexibility index (Phi) is 4.64. The highest BCUT2D eigenvalue weighted by atomic mass is 16.5. The van der Waals surface area contributed by atoms with Gasteiger partial charge in [0.2, 0.25) is 0 Å². The highest BCUT2D eigenvalue weighted by Crippen LogP contribution is 2.09. The quantitative estimate of drug-likeness (QED) is 0.362. The topological polar surface area (TPSA) is 119 Å². The monoisotopic (exact) mass is 254 g/mol. The Bertz CT molecular complexity index is 430. The SMILES string of the molecule is C[C@@H](O)[C@H](NC(=O)c1ccc(O)cc1)C(=O)NO. The summed E-state index contributed by atoms with van der Waals surface area (Å²) in [4.78, 5) is 22.9. The molecule has 0 spiro atoms. The Morgan fingerprint density at radius 3 is 2.22 bits per heavy atom.